The van der Waals surface area contributed by atoms with Crippen LogP contribution in [0, 0.1) is 0 Å². The molecule has 0 N–H and O–H groups in total. The van der Waals surface area contributed by atoms with E-state index in [0.717, 1.165) is 4.90 Å². The van der Waals surface area contributed by atoms with Gasteiger partial charge >= 0.3 is 0 Å². The summed E-state index contributed by atoms with van der Waals surface area (Å²) in [7, 11) is 0. The molecule has 0 radical (unpaired) electrons. The van der Waals surface area contributed by atoms with Crippen molar-refractivity contribution in [2.24, 2.45) is 0 Å². The molecule has 0 aromatic heterocycles. The molecule has 3 heteroatoms. The van der Waals surface area contributed by atoms with Gasteiger partial charge in [0.25, 0.3) is 0 Å². The van der Waals surface area contributed by atoms with E-state index in [0.29, 0.717) is 10.6 Å². The molecule has 0 saturated heterocycles. The van der Waals surface area contributed by atoms with Gasteiger partial charge in [0.05, 0.1) is 5.25 Å². The van der Waals surface area contributed by atoms with Crippen LogP contribution in [0.2, 0.25) is 5.02 Å². The van der Waals surface area contributed by atoms with E-state index in [-0.39, 0.29) is 11.0 Å². The normalized spacial score (nSPS) is 12.1. The predicted molar refractivity (Wildman–Crippen MR) is 77.5 cm³/mol. The third-order valence-electron chi connectivity index (χ3n) is 2.55. The maximum Gasteiger partial charge on any atom is 0.175 e. The van der Waals surface area contributed by atoms with Gasteiger partial charge in [-0.25, -0.2) is 0 Å². The number of ketones is 1. The highest BCUT2D eigenvalue weighted by atomic mass is 35.5. The van der Waals surface area contributed by atoms with Gasteiger partial charge in [0, 0.05) is 15.5 Å². The summed E-state index contributed by atoms with van der Waals surface area (Å²) in [5, 5.41) is 0.545. The maximum absolute atomic E-state index is 12.2. The van der Waals surface area contributed by atoms with E-state index in [4.69, 9.17) is 11.6 Å². The van der Waals surface area contributed by atoms with Gasteiger partial charge in [-0.05, 0) is 43.3 Å². The lowest BCUT2D eigenvalue weighted by Gasteiger charge is -2.10. The zero-order valence-electron chi connectivity index (χ0n) is 9.97. The molecule has 1 nitrogen and oxygen atoms in total. The van der Waals surface area contributed by atoms with Crippen molar-refractivity contribution in [2.45, 2.75) is 17.1 Å². The highest BCUT2D eigenvalue weighted by molar-refractivity contribution is 8.00. The third-order valence-corrected chi connectivity index (χ3v) is 3.92. The Hall–Kier alpha value is -1.25. The minimum absolute atomic E-state index is 0.103. The maximum atomic E-state index is 12.2. The Morgan fingerprint density at radius 3 is 2.28 bits per heavy atom. The molecule has 0 aliphatic rings. The Morgan fingerprint density at radius 1 is 1.06 bits per heavy atom. The summed E-state index contributed by atoms with van der Waals surface area (Å²) in [6.07, 6.45) is 0. The summed E-state index contributed by atoms with van der Waals surface area (Å²) in [6, 6.07) is 17.0. The average Bonchev–Trinajstić information content (AvgIpc) is 2.40. The fourth-order valence-corrected chi connectivity index (χ4v) is 2.70. The van der Waals surface area contributed by atoms with Crippen molar-refractivity contribution in [1.82, 2.24) is 0 Å². The van der Waals surface area contributed by atoms with Crippen LogP contribution in [0.25, 0.3) is 0 Å². The topological polar surface area (TPSA) is 17.1 Å². The molecule has 0 spiro atoms. The summed E-state index contributed by atoms with van der Waals surface area (Å²) in [4.78, 5) is 13.3. The van der Waals surface area contributed by atoms with Crippen LogP contribution in [-0.2, 0) is 0 Å². The summed E-state index contributed by atoms with van der Waals surface area (Å²) in [6.45, 7) is 1.93. The Labute approximate surface area is 116 Å². The zero-order chi connectivity index (χ0) is 13.0. The van der Waals surface area contributed by atoms with Crippen LogP contribution >= 0.6 is 23.4 Å². The molecule has 0 saturated carbocycles. The predicted octanol–water partition coefficient (Wildman–Crippen LogP) is 4.70. The van der Waals surface area contributed by atoms with Gasteiger partial charge < -0.3 is 0 Å². The Bertz CT molecular complexity index is 522. The number of carbonyl (C=O) groups excluding carboxylic acids is 1. The van der Waals surface area contributed by atoms with E-state index < -0.39 is 0 Å². The van der Waals surface area contributed by atoms with Crippen LogP contribution in [-0.4, -0.2) is 11.0 Å². The number of Topliss-reactive ketones (excluding diaryl/α,β-unsaturated/α-hetero) is 1. The molecule has 0 heterocycles. The highest BCUT2D eigenvalue weighted by Gasteiger charge is 2.16. The van der Waals surface area contributed by atoms with Crippen LogP contribution in [0.4, 0.5) is 0 Å². The number of carbonyl (C=O) groups is 1. The quantitative estimate of drug-likeness (QED) is 0.594. The van der Waals surface area contributed by atoms with Crippen molar-refractivity contribution >= 4 is 29.1 Å². The third kappa shape index (κ3) is 3.37. The van der Waals surface area contributed by atoms with Crippen molar-refractivity contribution in [1.29, 1.82) is 0 Å². The smallest absolute Gasteiger partial charge is 0.175 e. The molecule has 0 unspecified atom stereocenters. The fraction of sp³-hybridized carbons (Fsp3) is 0.133. The lowest BCUT2D eigenvalue weighted by Crippen LogP contribution is -2.13. The van der Waals surface area contributed by atoms with E-state index >= 15 is 0 Å². The molecule has 18 heavy (non-hydrogen) atoms. The summed E-state index contributed by atoms with van der Waals surface area (Å²) < 4.78 is 0. The second-order valence-electron chi connectivity index (χ2n) is 3.94. The molecule has 2 rings (SSSR count). The summed E-state index contributed by atoms with van der Waals surface area (Å²) in [5.74, 6) is 0.125. The monoisotopic (exact) mass is 276 g/mol. The second-order valence-corrected chi connectivity index (χ2v) is 5.79. The minimum atomic E-state index is -0.103. The van der Waals surface area contributed by atoms with Crippen LogP contribution in [0.15, 0.2) is 59.5 Å². The average molecular weight is 277 g/mol. The van der Waals surface area contributed by atoms with Crippen LogP contribution in [0.5, 0.6) is 0 Å². The van der Waals surface area contributed by atoms with Gasteiger partial charge in [0.1, 0.15) is 0 Å². The Kier molecular flexibility index (Phi) is 4.45. The molecular weight excluding hydrogens is 264 g/mol. The first kappa shape index (κ1) is 13.2. The number of hydrogen-bond donors (Lipinski definition) is 0. The van der Waals surface area contributed by atoms with E-state index in [1.54, 1.807) is 36.0 Å². The SMILES string of the molecule is C[C@@H](Sc1ccccc1)C(=O)c1ccc(Cl)cc1. The standard InChI is InChI=1S/C15H13ClOS/c1-11(18-14-5-3-2-4-6-14)15(17)12-7-9-13(16)10-8-12/h2-11H,1H3/t11-/m1/s1. The Morgan fingerprint density at radius 2 is 1.67 bits per heavy atom. The first-order chi connectivity index (χ1) is 8.66. The van der Waals surface area contributed by atoms with E-state index in [9.17, 15) is 4.79 Å². The summed E-state index contributed by atoms with van der Waals surface area (Å²) >= 11 is 7.38. The van der Waals surface area contributed by atoms with Crippen molar-refractivity contribution in [3.05, 3.63) is 65.2 Å². The van der Waals surface area contributed by atoms with Gasteiger partial charge in [-0.1, -0.05) is 29.8 Å². The number of hydrogen-bond acceptors (Lipinski definition) is 2. The lowest BCUT2D eigenvalue weighted by molar-refractivity contribution is 0.0994. The van der Waals surface area contributed by atoms with E-state index in [1.165, 1.54) is 0 Å². The van der Waals surface area contributed by atoms with Gasteiger partial charge in [0.2, 0.25) is 0 Å². The highest BCUT2D eigenvalue weighted by Crippen LogP contribution is 2.25. The molecule has 0 fully saturated rings. The number of halogens is 1. The van der Waals surface area contributed by atoms with Gasteiger partial charge in [-0.2, -0.15) is 0 Å². The van der Waals surface area contributed by atoms with Gasteiger partial charge in [-0.3, -0.25) is 4.79 Å². The fourth-order valence-electron chi connectivity index (χ4n) is 1.61. The summed E-state index contributed by atoms with van der Waals surface area (Å²) in [5.41, 5.74) is 0.704. The molecule has 92 valence electrons. The Balaban J connectivity index is 2.07. The second kappa shape index (κ2) is 6.07. The van der Waals surface area contributed by atoms with Crippen LogP contribution in [0.3, 0.4) is 0 Å². The van der Waals surface area contributed by atoms with Crippen molar-refractivity contribution in [2.75, 3.05) is 0 Å². The largest absolute Gasteiger partial charge is 0.293 e. The minimum Gasteiger partial charge on any atom is -0.293 e. The number of benzene rings is 2. The molecule has 2 aromatic rings. The van der Waals surface area contributed by atoms with Gasteiger partial charge in [-0.15, -0.1) is 11.8 Å². The molecular formula is C15H13ClOS. The van der Waals surface area contributed by atoms with E-state index in [1.807, 2.05) is 37.3 Å². The number of thioether (sulfide) groups is 1. The first-order valence-corrected chi connectivity index (χ1v) is 6.94. The van der Waals surface area contributed by atoms with E-state index in [2.05, 4.69) is 0 Å². The molecule has 0 aliphatic carbocycles. The molecule has 0 bridgehead atoms. The molecule has 1 atom stereocenters. The zero-order valence-corrected chi connectivity index (χ0v) is 11.5. The van der Waals surface area contributed by atoms with Gasteiger partial charge in [0.15, 0.2) is 5.78 Å². The van der Waals surface area contributed by atoms with Crippen molar-refractivity contribution < 1.29 is 4.79 Å². The molecule has 2 aromatic carbocycles. The molecule has 0 aliphatic heterocycles. The lowest BCUT2D eigenvalue weighted by atomic mass is 10.1. The molecule has 0 amide bonds. The number of rotatable bonds is 4. The van der Waals surface area contributed by atoms with Crippen molar-refractivity contribution in [3.8, 4) is 0 Å². The first-order valence-electron chi connectivity index (χ1n) is 5.68. The van der Waals surface area contributed by atoms with Crippen molar-refractivity contribution in [3.63, 3.8) is 0 Å². The van der Waals surface area contributed by atoms with Crippen LogP contribution < -0.4 is 0 Å². The van der Waals surface area contributed by atoms with Crippen LogP contribution in [0.1, 0.15) is 17.3 Å².